The summed E-state index contributed by atoms with van der Waals surface area (Å²) in [5.41, 5.74) is 5.29. The number of aryl methyl sites for hydroxylation is 1. The van der Waals surface area contributed by atoms with E-state index in [0.29, 0.717) is 13.1 Å². The average Bonchev–Trinajstić information content (AvgIpc) is 3.08. The molecule has 6 nitrogen and oxygen atoms in total. The highest BCUT2D eigenvalue weighted by molar-refractivity contribution is 5.78. The van der Waals surface area contributed by atoms with Crippen LogP contribution < -0.4 is 10.2 Å². The van der Waals surface area contributed by atoms with E-state index in [1.54, 1.807) is 12.1 Å². The minimum atomic E-state index is -0.271. The lowest BCUT2D eigenvalue weighted by Crippen LogP contribution is -2.49. The van der Waals surface area contributed by atoms with Crippen LogP contribution in [0, 0.1) is 19.7 Å². The number of carbonyl (C=O) groups excluding carboxylic acids is 1. The van der Waals surface area contributed by atoms with Crippen molar-refractivity contribution in [1.29, 1.82) is 0 Å². The van der Waals surface area contributed by atoms with Gasteiger partial charge in [-0.3, -0.25) is 9.69 Å². The molecule has 1 N–H and O–H groups in total. The zero-order chi connectivity index (χ0) is 21.8. The van der Waals surface area contributed by atoms with Crippen LogP contribution in [-0.2, 0) is 11.3 Å². The first-order valence-corrected chi connectivity index (χ1v) is 10.6. The fraction of sp³-hybridized carbons (Fsp3) is 0.333. The van der Waals surface area contributed by atoms with Crippen LogP contribution in [0.2, 0.25) is 0 Å². The second-order valence-electron chi connectivity index (χ2n) is 7.93. The number of nitrogens with one attached hydrogen (secondary N) is 1. The predicted octanol–water partition coefficient (Wildman–Crippen LogP) is 3.07. The van der Waals surface area contributed by atoms with Gasteiger partial charge in [-0.25, -0.2) is 9.07 Å². The Hall–Kier alpha value is -3.19. The van der Waals surface area contributed by atoms with Crippen molar-refractivity contribution in [2.45, 2.75) is 20.4 Å². The van der Waals surface area contributed by atoms with Gasteiger partial charge in [-0.2, -0.15) is 5.10 Å². The van der Waals surface area contributed by atoms with Gasteiger partial charge in [0.1, 0.15) is 5.82 Å². The number of rotatable bonds is 6. The summed E-state index contributed by atoms with van der Waals surface area (Å²) < 4.78 is 15.0. The SMILES string of the molecule is Cc1nn(-c2ccccc2)c(C)c1N1CCN(CC(=O)NCc2ccc(F)cc2)CC1. The molecule has 1 saturated heterocycles. The van der Waals surface area contributed by atoms with Crippen molar-refractivity contribution in [3.63, 3.8) is 0 Å². The maximum atomic E-state index is 13.0. The number of nitrogens with zero attached hydrogens (tertiary/aromatic N) is 4. The molecule has 2 aromatic carbocycles. The zero-order valence-corrected chi connectivity index (χ0v) is 18.0. The standard InChI is InChI=1S/C24H28FN5O/c1-18-24(19(2)30(27-18)22-6-4-3-5-7-22)29-14-12-28(13-15-29)17-23(31)26-16-20-8-10-21(25)11-9-20/h3-11H,12-17H2,1-2H3,(H,26,31). The molecule has 0 unspecified atom stereocenters. The first-order chi connectivity index (χ1) is 15.0. The molecular formula is C24H28FN5O. The van der Waals surface area contributed by atoms with E-state index in [1.807, 2.05) is 22.9 Å². The topological polar surface area (TPSA) is 53.4 Å². The van der Waals surface area contributed by atoms with E-state index in [-0.39, 0.29) is 11.7 Å². The lowest BCUT2D eigenvalue weighted by molar-refractivity contribution is -0.122. The van der Waals surface area contributed by atoms with Gasteiger partial charge in [0, 0.05) is 32.7 Å². The monoisotopic (exact) mass is 421 g/mol. The summed E-state index contributed by atoms with van der Waals surface area (Å²) in [6.07, 6.45) is 0. The molecule has 1 aromatic heterocycles. The van der Waals surface area contributed by atoms with Gasteiger partial charge in [-0.15, -0.1) is 0 Å². The fourth-order valence-electron chi connectivity index (χ4n) is 4.10. The van der Waals surface area contributed by atoms with E-state index in [9.17, 15) is 9.18 Å². The summed E-state index contributed by atoms with van der Waals surface area (Å²) in [6.45, 7) is 8.29. The molecule has 31 heavy (non-hydrogen) atoms. The van der Waals surface area contributed by atoms with Crippen LogP contribution >= 0.6 is 0 Å². The molecule has 1 aliphatic rings. The molecule has 1 fully saturated rings. The van der Waals surface area contributed by atoms with Crippen LogP contribution in [0.3, 0.4) is 0 Å². The number of benzene rings is 2. The summed E-state index contributed by atoms with van der Waals surface area (Å²) >= 11 is 0. The van der Waals surface area contributed by atoms with E-state index in [1.165, 1.54) is 17.8 Å². The number of aromatic nitrogens is 2. The number of anilines is 1. The van der Waals surface area contributed by atoms with Crippen LogP contribution in [-0.4, -0.2) is 53.3 Å². The highest BCUT2D eigenvalue weighted by Crippen LogP contribution is 2.27. The molecule has 7 heteroatoms. The third-order valence-electron chi connectivity index (χ3n) is 5.71. The maximum absolute atomic E-state index is 13.0. The summed E-state index contributed by atoms with van der Waals surface area (Å²) in [4.78, 5) is 16.9. The number of para-hydroxylation sites is 1. The first-order valence-electron chi connectivity index (χ1n) is 10.6. The van der Waals surface area contributed by atoms with Crippen molar-refractivity contribution in [2.24, 2.45) is 0 Å². The van der Waals surface area contributed by atoms with Crippen LogP contribution in [0.15, 0.2) is 54.6 Å². The van der Waals surface area contributed by atoms with Crippen molar-refractivity contribution in [1.82, 2.24) is 20.0 Å². The lowest BCUT2D eigenvalue weighted by Gasteiger charge is -2.35. The molecule has 0 aliphatic carbocycles. The summed E-state index contributed by atoms with van der Waals surface area (Å²) in [7, 11) is 0. The third-order valence-corrected chi connectivity index (χ3v) is 5.71. The van der Waals surface area contributed by atoms with Gasteiger partial charge < -0.3 is 10.2 Å². The fourth-order valence-corrected chi connectivity index (χ4v) is 4.10. The molecule has 1 aliphatic heterocycles. The Morgan fingerprint density at radius 2 is 1.68 bits per heavy atom. The molecule has 0 radical (unpaired) electrons. The second-order valence-corrected chi connectivity index (χ2v) is 7.93. The predicted molar refractivity (Wildman–Crippen MR) is 120 cm³/mol. The van der Waals surface area contributed by atoms with E-state index < -0.39 is 0 Å². The number of carbonyl (C=O) groups is 1. The number of halogens is 1. The summed E-state index contributed by atoms with van der Waals surface area (Å²) in [5, 5.41) is 7.67. The van der Waals surface area contributed by atoms with Crippen molar-refractivity contribution in [2.75, 3.05) is 37.6 Å². The molecule has 0 atom stereocenters. The molecule has 1 amide bonds. The number of hydrogen-bond acceptors (Lipinski definition) is 4. The Bertz CT molecular complexity index is 1020. The first kappa shape index (κ1) is 21.1. The summed E-state index contributed by atoms with van der Waals surface area (Å²) in [5.74, 6) is -0.283. The Morgan fingerprint density at radius 1 is 1.00 bits per heavy atom. The quantitative estimate of drug-likeness (QED) is 0.665. The number of piperazine rings is 1. The van der Waals surface area contributed by atoms with E-state index in [2.05, 4.69) is 41.1 Å². The highest BCUT2D eigenvalue weighted by atomic mass is 19.1. The van der Waals surface area contributed by atoms with Gasteiger partial charge in [-0.1, -0.05) is 30.3 Å². The average molecular weight is 422 g/mol. The molecule has 3 aromatic rings. The molecule has 0 saturated carbocycles. The third kappa shape index (κ3) is 4.94. The van der Waals surface area contributed by atoms with Crippen molar-refractivity contribution >= 4 is 11.6 Å². The molecule has 4 rings (SSSR count). The van der Waals surface area contributed by atoms with Crippen LogP contribution in [0.5, 0.6) is 0 Å². The molecule has 2 heterocycles. The molecule has 0 bridgehead atoms. The Kier molecular flexibility index (Phi) is 6.32. The highest BCUT2D eigenvalue weighted by Gasteiger charge is 2.24. The van der Waals surface area contributed by atoms with Crippen molar-refractivity contribution < 1.29 is 9.18 Å². The van der Waals surface area contributed by atoms with Gasteiger partial charge in [-0.05, 0) is 43.7 Å². The Morgan fingerprint density at radius 3 is 2.35 bits per heavy atom. The normalized spacial score (nSPS) is 14.6. The molecular weight excluding hydrogens is 393 g/mol. The molecule has 162 valence electrons. The molecule has 0 spiro atoms. The van der Waals surface area contributed by atoms with Gasteiger partial charge in [0.2, 0.25) is 5.91 Å². The minimum absolute atomic E-state index is 0.0120. The minimum Gasteiger partial charge on any atom is -0.366 e. The van der Waals surface area contributed by atoms with Gasteiger partial charge in [0.15, 0.2) is 0 Å². The maximum Gasteiger partial charge on any atom is 0.234 e. The lowest BCUT2D eigenvalue weighted by atomic mass is 10.2. The smallest absolute Gasteiger partial charge is 0.234 e. The van der Waals surface area contributed by atoms with Crippen molar-refractivity contribution in [3.05, 3.63) is 77.4 Å². The van der Waals surface area contributed by atoms with Gasteiger partial charge >= 0.3 is 0 Å². The number of hydrogen-bond donors (Lipinski definition) is 1. The van der Waals surface area contributed by atoms with Gasteiger partial charge in [0.05, 0.1) is 29.3 Å². The number of amides is 1. The van der Waals surface area contributed by atoms with E-state index >= 15 is 0 Å². The van der Waals surface area contributed by atoms with Crippen LogP contribution in [0.1, 0.15) is 17.0 Å². The largest absolute Gasteiger partial charge is 0.366 e. The van der Waals surface area contributed by atoms with Crippen LogP contribution in [0.4, 0.5) is 10.1 Å². The second kappa shape index (κ2) is 9.31. The van der Waals surface area contributed by atoms with Crippen LogP contribution in [0.25, 0.3) is 5.69 Å². The summed E-state index contributed by atoms with van der Waals surface area (Å²) in [6, 6.07) is 16.4. The Labute approximate surface area is 182 Å². The van der Waals surface area contributed by atoms with Gasteiger partial charge in [0.25, 0.3) is 0 Å². The van der Waals surface area contributed by atoms with E-state index in [4.69, 9.17) is 5.10 Å². The van der Waals surface area contributed by atoms with Crippen molar-refractivity contribution in [3.8, 4) is 5.69 Å². The zero-order valence-electron chi connectivity index (χ0n) is 18.0. The van der Waals surface area contributed by atoms with E-state index in [0.717, 1.165) is 48.8 Å². The Balaban J connectivity index is 1.31.